The second kappa shape index (κ2) is 10.3. The van der Waals surface area contributed by atoms with E-state index in [-0.39, 0.29) is 30.9 Å². The lowest BCUT2D eigenvalue weighted by molar-refractivity contribution is -0.148. The van der Waals surface area contributed by atoms with Crippen LogP contribution in [0.4, 0.5) is 4.79 Å². The van der Waals surface area contributed by atoms with E-state index in [1.165, 1.54) is 30.0 Å². The summed E-state index contributed by atoms with van der Waals surface area (Å²) in [6.45, 7) is 3.58. The first-order valence-electron chi connectivity index (χ1n) is 10.9. The van der Waals surface area contributed by atoms with Crippen LogP contribution in [0.1, 0.15) is 50.2 Å². The Morgan fingerprint density at radius 3 is 2.16 bits per heavy atom. The average Bonchev–Trinajstić information content (AvgIpc) is 3.10. The van der Waals surface area contributed by atoms with Crippen molar-refractivity contribution in [3.8, 4) is 11.1 Å². The summed E-state index contributed by atoms with van der Waals surface area (Å²) in [6, 6.07) is 15.3. The van der Waals surface area contributed by atoms with Crippen molar-refractivity contribution in [2.75, 3.05) is 13.7 Å². The third-order valence-corrected chi connectivity index (χ3v) is 6.07. The number of carbonyl (C=O) groups excluding carboxylic acids is 2. The fourth-order valence-corrected chi connectivity index (χ4v) is 4.03. The summed E-state index contributed by atoms with van der Waals surface area (Å²) < 4.78 is 5.54. The third kappa shape index (κ3) is 5.28. The van der Waals surface area contributed by atoms with E-state index in [9.17, 15) is 14.4 Å². The summed E-state index contributed by atoms with van der Waals surface area (Å²) in [4.78, 5) is 36.6. The number of aliphatic carboxylic acids is 1. The lowest BCUT2D eigenvalue weighted by Crippen LogP contribution is -2.40. The van der Waals surface area contributed by atoms with E-state index in [1.807, 2.05) is 31.2 Å². The minimum atomic E-state index is -1.04. The van der Waals surface area contributed by atoms with Gasteiger partial charge in [0.2, 0.25) is 5.91 Å². The predicted octanol–water partition coefficient (Wildman–Crippen LogP) is 4.02. The number of nitrogens with zero attached hydrogens (tertiary/aromatic N) is 1. The zero-order valence-electron chi connectivity index (χ0n) is 18.7. The van der Waals surface area contributed by atoms with E-state index in [4.69, 9.17) is 9.84 Å². The second-order valence-electron chi connectivity index (χ2n) is 8.28. The molecule has 32 heavy (non-hydrogen) atoms. The van der Waals surface area contributed by atoms with Gasteiger partial charge in [0, 0.05) is 25.4 Å². The van der Waals surface area contributed by atoms with Crippen LogP contribution in [0.5, 0.6) is 0 Å². The first-order valence-corrected chi connectivity index (χ1v) is 10.9. The highest BCUT2D eigenvalue weighted by atomic mass is 16.5. The Kier molecular flexibility index (Phi) is 7.51. The summed E-state index contributed by atoms with van der Waals surface area (Å²) in [5.41, 5.74) is 4.68. The van der Waals surface area contributed by atoms with Gasteiger partial charge in [-0.2, -0.15) is 0 Å². The van der Waals surface area contributed by atoms with E-state index in [0.29, 0.717) is 12.8 Å². The monoisotopic (exact) mass is 438 g/mol. The topological polar surface area (TPSA) is 95.9 Å². The van der Waals surface area contributed by atoms with Gasteiger partial charge in [-0.25, -0.2) is 9.59 Å². The van der Waals surface area contributed by atoms with Crippen LogP contribution >= 0.6 is 0 Å². The van der Waals surface area contributed by atoms with Crippen molar-refractivity contribution >= 4 is 18.0 Å². The van der Waals surface area contributed by atoms with E-state index in [1.54, 1.807) is 0 Å². The standard InChI is InChI=1S/C25H30N2O5/c1-16(9-8-14-23(28)27(3)17(2)24(29)30)26-25(31)32-15-22-20-12-6-4-10-18(20)19-11-5-7-13-21(19)22/h4-7,10-13,16-17,22H,8-9,14-15H2,1-3H3,(H,26,31)(H,29,30)/t16?,17-/m0/s1. The van der Waals surface area contributed by atoms with Crippen molar-refractivity contribution in [3.63, 3.8) is 0 Å². The fraction of sp³-hybridized carbons (Fsp3) is 0.400. The van der Waals surface area contributed by atoms with Crippen LogP contribution in [0.15, 0.2) is 48.5 Å². The third-order valence-electron chi connectivity index (χ3n) is 6.07. The quantitative estimate of drug-likeness (QED) is 0.617. The SMILES string of the molecule is CC(CCCC(=O)N(C)[C@@H](C)C(=O)O)NC(=O)OCC1c2ccccc2-c2ccccc21. The molecule has 3 rings (SSSR count). The maximum atomic E-state index is 12.3. The van der Waals surface area contributed by atoms with Gasteiger partial charge < -0.3 is 20.1 Å². The first-order chi connectivity index (χ1) is 15.3. The molecule has 0 aromatic heterocycles. The van der Waals surface area contributed by atoms with Crippen molar-refractivity contribution in [2.24, 2.45) is 0 Å². The molecule has 2 N–H and O–H groups in total. The number of alkyl carbamates (subject to hydrolysis) is 1. The molecule has 2 aromatic carbocycles. The van der Waals surface area contributed by atoms with Crippen LogP contribution in [0.2, 0.25) is 0 Å². The van der Waals surface area contributed by atoms with Gasteiger partial charge in [-0.1, -0.05) is 48.5 Å². The summed E-state index contributed by atoms with van der Waals surface area (Å²) in [7, 11) is 1.49. The molecule has 2 atom stereocenters. The minimum Gasteiger partial charge on any atom is -0.480 e. The number of fused-ring (bicyclic) bond motifs is 3. The number of nitrogens with one attached hydrogen (secondary N) is 1. The smallest absolute Gasteiger partial charge is 0.407 e. The maximum absolute atomic E-state index is 12.3. The number of hydrogen-bond donors (Lipinski definition) is 2. The molecule has 0 radical (unpaired) electrons. The van der Waals surface area contributed by atoms with E-state index >= 15 is 0 Å². The molecule has 7 heteroatoms. The molecule has 1 unspecified atom stereocenters. The number of amides is 2. The van der Waals surface area contributed by atoms with E-state index in [0.717, 1.165) is 11.1 Å². The Labute approximate surface area is 188 Å². The average molecular weight is 439 g/mol. The van der Waals surface area contributed by atoms with Gasteiger partial charge in [0.15, 0.2) is 0 Å². The van der Waals surface area contributed by atoms with E-state index in [2.05, 4.69) is 29.6 Å². The summed E-state index contributed by atoms with van der Waals surface area (Å²) in [5.74, 6) is -1.26. The van der Waals surface area contributed by atoms with Crippen LogP contribution in [0.3, 0.4) is 0 Å². The molecule has 0 saturated carbocycles. The Morgan fingerprint density at radius 1 is 1.03 bits per heavy atom. The van der Waals surface area contributed by atoms with Gasteiger partial charge in [0.05, 0.1) is 0 Å². The molecule has 7 nitrogen and oxygen atoms in total. The number of rotatable bonds is 9. The molecule has 1 aliphatic rings. The molecule has 0 saturated heterocycles. The zero-order chi connectivity index (χ0) is 23.3. The highest BCUT2D eigenvalue weighted by Crippen LogP contribution is 2.44. The summed E-state index contributed by atoms with van der Waals surface area (Å²) in [5, 5.41) is 11.8. The van der Waals surface area contributed by atoms with Crippen molar-refractivity contribution in [1.29, 1.82) is 0 Å². The number of carboxylic acid groups (broad SMARTS) is 1. The van der Waals surface area contributed by atoms with Crippen molar-refractivity contribution in [3.05, 3.63) is 59.7 Å². The van der Waals surface area contributed by atoms with Crippen LogP contribution in [0, 0.1) is 0 Å². The van der Waals surface area contributed by atoms with Gasteiger partial charge in [0.25, 0.3) is 0 Å². The molecule has 0 heterocycles. The Balaban J connectivity index is 1.45. The molecular weight excluding hydrogens is 408 g/mol. The van der Waals surface area contributed by atoms with Gasteiger partial charge in [-0.05, 0) is 48.9 Å². The van der Waals surface area contributed by atoms with Gasteiger partial charge in [-0.15, -0.1) is 0 Å². The van der Waals surface area contributed by atoms with Gasteiger partial charge in [-0.3, -0.25) is 4.79 Å². The second-order valence-corrected chi connectivity index (χ2v) is 8.28. The lowest BCUT2D eigenvalue weighted by atomic mass is 9.98. The molecule has 1 aliphatic carbocycles. The van der Waals surface area contributed by atoms with Crippen LogP contribution in [-0.4, -0.2) is 53.7 Å². The number of carbonyl (C=O) groups is 3. The lowest BCUT2D eigenvalue weighted by Gasteiger charge is -2.22. The van der Waals surface area contributed by atoms with Crippen molar-refractivity contribution < 1.29 is 24.2 Å². The largest absolute Gasteiger partial charge is 0.480 e. The zero-order valence-corrected chi connectivity index (χ0v) is 18.7. The van der Waals surface area contributed by atoms with Crippen molar-refractivity contribution in [1.82, 2.24) is 10.2 Å². The Hall–Kier alpha value is -3.35. The first kappa shape index (κ1) is 23.3. The molecule has 0 spiro atoms. The van der Waals surface area contributed by atoms with Gasteiger partial charge in [0.1, 0.15) is 12.6 Å². The summed E-state index contributed by atoms with van der Waals surface area (Å²) in [6.07, 6.45) is 0.874. The maximum Gasteiger partial charge on any atom is 0.407 e. The number of likely N-dealkylation sites (N-methyl/N-ethyl adjacent to an activating group) is 1. The Morgan fingerprint density at radius 2 is 1.59 bits per heavy atom. The summed E-state index contributed by atoms with van der Waals surface area (Å²) >= 11 is 0. The molecule has 2 amide bonds. The van der Waals surface area contributed by atoms with E-state index < -0.39 is 18.1 Å². The molecule has 2 aromatic rings. The number of hydrogen-bond acceptors (Lipinski definition) is 4. The normalized spacial score (nSPS) is 14.1. The number of carboxylic acids is 1. The highest BCUT2D eigenvalue weighted by molar-refractivity contribution is 5.83. The van der Waals surface area contributed by atoms with Crippen LogP contribution in [0.25, 0.3) is 11.1 Å². The fourth-order valence-electron chi connectivity index (χ4n) is 4.03. The molecule has 0 bridgehead atoms. The minimum absolute atomic E-state index is 0.00726. The Bertz CT molecular complexity index is 944. The molecular formula is C25H30N2O5. The van der Waals surface area contributed by atoms with Crippen molar-refractivity contribution in [2.45, 2.75) is 51.1 Å². The molecule has 170 valence electrons. The number of benzene rings is 2. The molecule has 0 aliphatic heterocycles. The highest BCUT2D eigenvalue weighted by Gasteiger charge is 2.29. The molecule has 0 fully saturated rings. The predicted molar refractivity (Wildman–Crippen MR) is 121 cm³/mol. The number of ether oxygens (including phenoxy) is 1. The van der Waals surface area contributed by atoms with Crippen LogP contribution in [-0.2, 0) is 14.3 Å². The van der Waals surface area contributed by atoms with Gasteiger partial charge >= 0.3 is 12.1 Å². The van der Waals surface area contributed by atoms with Crippen LogP contribution < -0.4 is 5.32 Å².